The number of nitriles is 1. The number of esters is 1. The number of allylic oxidation sites excluding steroid dienone is 1. The molecule has 0 bridgehead atoms. The molecule has 23 heavy (non-hydrogen) atoms. The first-order valence-electron chi connectivity index (χ1n) is 6.71. The molecule has 4 nitrogen and oxygen atoms in total. The van der Waals surface area contributed by atoms with Crippen molar-refractivity contribution in [1.82, 2.24) is 0 Å². The van der Waals surface area contributed by atoms with Crippen molar-refractivity contribution in [2.24, 2.45) is 10.9 Å². The average molecular weight is 355 g/mol. The van der Waals surface area contributed by atoms with Crippen molar-refractivity contribution in [1.29, 1.82) is 5.26 Å². The van der Waals surface area contributed by atoms with Gasteiger partial charge < -0.3 is 4.74 Å². The molecule has 120 valence electrons. The Morgan fingerprint density at radius 3 is 2.74 bits per heavy atom. The fourth-order valence-corrected chi connectivity index (χ4v) is 3.13. The van der Waals surface area contributed by atoms with Crippen LogP contribution in [0, 0.1) is 23.1 Å². The first-order chi connectivity index (χ1) is 10.9. The molecule has 0 N–H and O–H groups in total. The van der Waals surface area contributed by atoms with E-state index < -0.39 is 23.6 Å². The van der Waals surface area contributed by atoms with E-state index in [1.54, 1.807) is 6.92 Å². The van der Waals surface area contributed by atoms with Crippen LogP contribution in [0.2, 0.25) is 5.02 Å². The Morgan fingerprint density at radius 1 is 1.52 bits per heavy atom. The van der Waals surface area contributed by atoms with Gasteiger partial charge in [-0.1, -0.05) is 17.7 Å². The van der Waals surface area contributed by atoms with Crippen LogP contribution < -0.4 is 0 Å². The van der Waals surface area contributed by atoms with Crippen molar-refractivity contribution in [3.63, 3.8) is 0 Å². The van der Waals surface area contributed by atoms with Crippen LogP contribution in [0.1, 0.15) is 18.4 Å². The normalized spacial score (nSPS) is 20.8. The molecule has 1 aromatic carbocycles. The molecular weight excluding hydrogens is 342 g/mol. The van der Waals surface area contributed by atoms with E-state index >= 15 is 0 Å². The van der Waals surface area contributed by atoms with Crippen LogP contribution in [0.15, 0.2) is 34.5 Å². The minimum atomic E-state index is -0.723. The van der Waals surface area contributed by atoms with E-state index in [9.17, 15) is 14.4 Å². The third-order valence-electron chi connectivity index (χ3n) is 3.69. The molecule has 0 saturated heterocycles. The van der Waals surface area contributed by atoms with Crippen molar-refractivity contribution >= 4 is 34.9 Å². The number of ether oxygens (including phenoxy) is 1. The van der Waals surface area contributed by atoms with Gasteiger partial charge in [0.2, 0.25) is 0 Å². The topological polar surface area (TPSA) is 62.4 Å². The lowest BCUT2D eigenvalue weighted by molar-refractivity contribution is -0.136. The number of aliphatic imine (C=N–C) groups is 1. The summed E-state index contributed by atoms with van der Waals surface area (Å²) >= 11 is 12.0. The van der Waals surface area contributed by atoms with Gasteiger partial charge in [0, 0.05) is 16.7 Å². The maximum atomic E-state index is 13.3. The smallest absolute Gasteiger partial charge is 0.336 e. The standard InChI is InChI=1S/C16H13Cl2FN2O2/c1-8-11(7-20)14(10-4-3-9(19)5-12(10)18)15(16(22)23-2)13(6-17)21-8/h3-5,11,14H,6H2,1-2H3/t11?,14-/m0/s1. The Kier molecular flexibility index (Phi) is 5.40. The Morgan fingerprint density at radius 2 is 2.22 bits per heavy atom. The van der Waals surface area contributed by atoms with E-state index in [4.69, 9.17) is 27.9 Å². The number of carbonyl (C=O) groups is 1. The number of methoxy groups -OCH3 is 1. The van der Waals surface area contributed by atoms with Gasteiger partial charge in [-0.05, 0) is 24.6 Å². The summed E-state index contributed by atoms with van der Waals surface area (Å²) in [5.41, 5.74) is 1.47. The predicted octanol–water partition coefficient (Wildman–Crippen LogP) is 3.84. The fourth-order valence-electron chi connectivity index (χ4n) is 2.64. The number of hydrogen-bond donors (Lipinski definition) is 0. The zero-order chi connectivity index (χ0) is 17.1. The number of alkyl halides is 1. The maximum Gasteiger partial charge on any atom is 0.336 e. The molecule has 0 spiro atoms. The minimum Gasteiger partial charge on any atom is -0.466 e. The molecule has 1 heterocycles. The summed E-state index contributed by atoms with van der Waals surface area (Å²) in [6, 6.07) is 5.96. The number of hydrogen-bond acceptors (Lipinski definition) is 4. The zero-order valence-corrected chi connectivity index (χ0v) is 14.0. The molecule has 0 aliphatic carbocycles. The number of rotatable bonds is 3. The lowest BCUT2D eigenvalue weighted by Crippen LogP contribution is -2.30. The van der Waals surface area contributed by atoms with Crippen LogP contribution in [0.4, 0.5) is 4.39 Å². The second-order valence-electron chi connectivity index (χ2n) is 4.99. The van der Waals surface area contributed by atoms with E-state index in [2.05, 4.69) is 11.1 Å². The quantitative estimate of drug-likeness (QED) is 0.611. The van der Waals surface area contributed by atoms with Crippen molar-refractivity contribution in [3.05, 3.63) is 45.9 Å². The summed E-state index contributed by atoms with van der Waals surface area (Å²) in [6.07, 6.45) is 0. The second kappa shape index (κ2) is 7.12. The largest absolute Gasteiger partial charge is 0.466 e. The number of halogens is 3. The minimum absolute atomic E-state index is 0.0186. The van der Waals surface area contributed by atoms with E-state index in [1.807, 2.05) is 0 Å². The molecule has 2 atom stereocenters. The van der Waals surface area contributed by atoms with Crippen molar-refractivity contribution in [2.75, 3.05) is 13.0 Å². The van der Waals surface area contributed by atoms with Crippen LogP contribution in [-0.2, 0) is 9.53 Å². The number of benzene rings is 1. The number of nitrogens with zero attached hydrogens (tertiary/aromatic N) is 2. The van der Waals surface area contributed by atoms with Crippen molar-refractivity contribution < 1.29 is 13.9 Å². The Balaban J connectivity index is 2.73. The molecule has 0 radical (unpaired) electrons. The molecule has 1 unspecified atom stereocenters. The van der Waals surface area contributed by atoms with E-state index in [-0.39, 0.29) is 16.5 Å². The predicted molar refractivity (Wildman–Crippen MR) is 86.1 cm³/mol. The van der Waals surface area contributed by atoms with Gasteiger partial charge in [0.1, 0.15) is 5.82 Å². The molecule has 7 heteroatoms. The van der Waals surface area contributed by atoms with Gasteiger partial charge >= 0.3 is 5.97 Å². The summed E-state index contributed by atoms with van der Waals surface area (Å²) in [7, 11) is 1.23. The SMILES string of the molecule is COC(=O)C1=C(CCl)N=C(C)C(C#N)[C@@H]1c1ccc(F)cc1Cl. The van der Waals surface area contributed by atoms with Crippen LogP contribution in [0.3, 0.4) is 0 Å². The van der Waals surface area contributed by atoms with Gasteiger partial charge in [0.25, 0.3) is 0 Å². The van der Waals surface area contributed by atoms with Crippen LogP contribution >= 0.6 is 23.2 Å². The third kappa shape index (κ3) is 3.24. The van der Waals surface area contributed by atoms with Crippen LogP contribution in [0.5, 0.6) is 0 Å². The van der Waals surface area contributed by atoms with Gasteiger partial charge in [-0.3, -0.25) is 4.99 Å². The van der Waals surface area contributed by atoms with Gasteiger partial charge in [-0.25, -0.2) is 9.18 Å². The lowest BCUT2D eigenvalue weighted by Gasteiger charge is -2.29. The first-order valence-corrected chi connectivity index (χ1v) is 7.62. The van der Waals surface area contributed by atoms with Gasteiger partial charge in [-0.15, -0.1) is 11.6 Å². The van der Waals surface area contributed by atoms with Gasteiger partial charge in [0.15, 0.2) is 0 Å². The molecule has 0 fully saturated rings. The van der Waals surface area contributed by atoms with Gasteiger partial charge in [-0.2, -0.15) is 5.26 Å². The molecular formula is C16H13Cl2FN2O2. The van der Waals surface area contributed by atoms with E-state index in [0.29, 0.717) is 17.0 Å². The Bertz CT molecular complexity index is 753. The summed E-state index contributed by atoms with van der Waals surface area (Å²) in [5.74, 6) is -2.60. The lowest BCUT2D eigenvalue weighted by atomic mass is 9.76. The fraction of sp³-hybridized carbons (Fsp3) is 0.312. The molecule has 0 amide bonds. The average Bonchev–Trinajstić information content (AvgIpc) is 2.53. The third-order valence-corrected chi connectivity index (χ3v) is 4.27. The molecule has 0 saturated carbocycles. The summed E-state index contributed by atoms with van der Waals surface area (Å²) in [6.45, 7) is 1.68. The van der Waals surface area contributed by atoms with Gasteiger partial charge in [0.05, 0.1) is 36.2 Å². The highest BCUT2D eigenvalue weighted by atomic mass is 35.5. The first kappa shape index (κ1) is 17.5. The Labute approximate surface area is 143 Å². The number of carbonyl (C=O) groups excluding carboxylic acids is 1. The Hall–Kier alpha value is -1.90. The molecule has 2 rings (SSSR count). The molecule has 0 aromatic heterocycles. The second-order valence-corrected chi connectivity index (χ2v) is 5.66. The monoisotopic (exact) mass is 354 g/mol. The van der Waals surface area contributed by atoms with Crippen molar-refractivity contribution in [2.45, 2.75) is 12.8 Å². The van der Waals surface area contributed by atoms with E-state index in [1.165, 1.54) is 19.2 Å². The summed E-state index contributed by atoms with van der Waals surface area (Å²) in [5, 5.41) is 9.64. The van der Waals surface area contributed by atoms with Crippen LogP contribution in [-0.4, -0.2) is 24.7 Å². The zero-order valence-electron chi connectivity index (χ0n) is 12.4. The highest BCUT2D eigenvalue weighted by Crippen LogP contribution is 2.42. The van der Waals surface area contributed by atoms with Crippen molar-refractivity contribution in [3.8, 4) is 6.07 Å². The van der Waals surface area contributed by atoms with Crippen LogP contribution in [0.25, 0.3) is 0 Å². The summed E-state index contributed by atoms with van der Waals surface area (Å²) in [4.78, 5) is 16.5. The van der Waals surface area contributed by atoms with E-state index in [0.717, 1.165) is 6.07 Å². The molecule has 1 aromatic rings. The highest BCUT2D eigenvalue weighted by Gasteiger charge is 2.39. The highest BCUT2D eigenvalue weighted by molar-refractivity contribution is 6.31. The maximum absolute atomic E-state index is 13.3. The molecule has 1 aliphatic heterocycles. The molecule has 1 aliphatic rings. The summed E-state index contributed by atoms with van der Waals surface area (Å²) < 4.78 is 18.2.